The molecule has 0 fully saturated rings. The predicted molar refractivity (Wildman–Crippen MR) is 166 cm³/mol. The third-order valence-electron chi connectivity index (χ3n) is 9.63. The molecule has 3 aromatic rings. The molecule has 1 aliphatic carbocycles. The van der Waals surface area contributed by atoms with Gasteiger partial charge in [-0.3, -0.25) is 4.79 Å². The highest BCUT2D eigenvalue weighted by atomic mass is 16.4. The number of nitrogens with zero attached hydrogens (tertiary/aromatic N) is 2. The van der Waals surface area contributed by atoms with Gasteiger partial charge in [0, 0.05) is 48.7 Å². The molecule has 2 N–H and O–H groups in total. The van der Waals surface area contributed by atoms with Crippen molar-refractivity contribution in [3.8, 4) is 0 Å². The lowest BCUT2D eigenvalue weighted by molar-refractivity contribution is -0.137. The first-order chi connectivity index (χ1) is 20.2. The number of benzene rings is 3. The molecule has 0 saturated carbocycles. The zero-order valence-electron chi connectivity index (χ0n) is 25.0. The fourth-order valence-corrected chi connectivity index (χ4v) is 7.43. The minimum Gasteiger partial charge on any atom is -0.481 e. The molecule has 6 rings (SSSR count). The number of aliphatic carboxylic acids is 1. The van der Waals surface area contributed by atoms with Crippen LogP contribution in [0.5, 0.6) is 0 Å². The van der Waals surface area contributed by atoms with Gasteiger partial charge in [-0.15, -0.1) is 0 Å². The second kappa shape index (κ2) is 11.0. The molecule has 0 spiro atoms. The van der Waals surface area contributed by atoms with Gasteiger partial charge in [0.25, 0.3) is 0 Å². The Morgan fingerprint density at radius 3 is 2.48 bits per heavy atom. The highest BCUT2D eigenvalue weighted by Crippen LogP contribution is 2.44. The fourth-order valence-electron chi connectivity index (χ4n) is 7.43. The molecule has 0 atom stereocenters. The van der Waals surface area contributed by atoms with Crippen molar-refractivity contribution in [1.82, 2.24) is 4.58 Å². The van der Waals surface area contributed by atoms with Crippen LogP contribution >= 0.6 is 0 Å². The highest BCUT2D eigenvalue weighted by molar-refractivity contribution is 5.98. The van der Waals surface area contributed by atoms with Crippen molar-refractivity contribution < 1.29 is 19.8 Å². The van der Waals surface area contributed by atoms with Crippen molar-refractivity contribution >= 4 is 23.2 Å². The van der Waals surface area contributed by atoms with Crippen molar-refractivity contribution in [3.63, 3.8) is 0 Å². The largest absolute Gasteiger partial charge is 0.481 e. The highest BCUT2D eigenvalue weighted by Gasteiger charge is 2.37. The van der Waals surface area contributed by atoms with Crippen LogP contribution in [0.2, 0.25) is 0 Å². The number of carbonyl (C=O) groups is 2. The van der Waals surface area contributed by atoms with E-state index in [4.69, 9.17) is 5.11 Å². The van der Waals surface area contributed by atoms with Crippen LogP contribution in [0.3, 0.4) is 0 Å². The summed E-state index contributed by atoms with van der Waals surface area (Å²) in [6.07, 6.45) is 7.03. The summed E-state index contributed by atoms with van der Waals surface area (Å²) < 4.78 is 2.36. The monoisotopic (exact) mass is 565 g/mol. The van der Waals surface area contributed by atoms with Crippen LogP contribution in [0.15, 0.2) is 48.5 Å². The first kappa shape index (κ1) is 28.2. The summed E-state index contributed by atoms with van der Waals surface area (Å²) >= 11 is 0. The Hall–Kier alpha value is -3.93. The van der Waals surface area contributed by atoms with Gasteiger partial charge in [0.05, 0.1) is 5.56 Å². The number of aryl methyl sites for hydroxylation is 2. The molecule has 42 heavy (non-hydrogen) atoms. The summed E-state index contributed by atoms with van der Waals surface area (Å²) in [6, 6.07) is 16.9. The van der Waals surface area contributed by atoms with Crippen LogP contribution in [-0.2, 0) is 23.1 Å². The Morgan fingerprint density at radius 1 is 0.905 bits per heavy atom. The van der Waals surface area contributed by atoms with E-state index in [0.717, 1.165) is 80.1 Å². The molecule has 0 radical (unpaired) electrons. The molecular weight excluding hydrogens is 524 g/mol. The van der Waals surface area contributed by atoms with E-state index in [0.29, 0.717) is 12.0 Å². The maximum atomic E-state index is 12.5. The average Bonchev–Trinajstić information content (AvgIpc) is 2.96. The van der Waals surface area contributed by atoms with Crippen molar-refractivity contribution in [3.05, 3.63) is 98.1 Å². The van der Waals surface area contributed by atoms with E-state index < -0.39 is 11.9 Å². The molecule has 0 amide bonds. The molecule has 6 heteroatoms. The SMILES string of the molecule is C[N+]1=c2cc3c(cc2CCC1)=C(c1ccccc1C(=O)O)c1cc2c(cc1C3(C)C)N(CCCCCC(=O)O)CCC2. The van der Waals surface area contributed by atoms with Gasteiger partial charge in [-0.1, -0.05) is 38.5 Å². The lowest BCUT2D eigenvalue weighted by Crippen LogP contribution is -2.42. The minimum absolute atomic E-state index is 0.229. The topological polar surface area (TPSA) is 80.9 Å². The Labute approximate surface area is 247 Å². The molecule has 0 unspecified atom stereocenters. The molecule has 2 heterocycles. The van der Waals surface area contributed by atoms with Crippen molar-refractivity contribution in [2.24, 2.45) is 0 Å². The lowest BCUT2D eigenvalue weighted by atomic mass is 9.67. The molecule has 0 aromatic heterocycles. The number of fused-ring (bicyclic) bond motifs is 4. The number of hydrogen-bond donors (Lipinski definition) is 2. The number of unbranched alkanes of at least 4 members (excludes halogenated alkanes) is 2. The van der Waals surface area contributed by atoms with Gasteiger partial charge in [0.15, 0.2) is 0 Å². The van der Waals surface area contributed by atoms with E-state index in [1.54, 1.807) is 6.07 Å². The Kier molecular flexibility index (Phi) is 7.42. The molecule has 3 aromatic carbocycles. The van der Waals surface area contributed by atoms with Crippen molar-refractivity contribution in [2.45, 2.75) is 70.6 Å². The second-order valence-corrected chi connectivity index (χ2v) is 12.7. The molecule has 0 saturated heterocycles. The summed E-state index contributed by atoms with van der Waals surface area (Å²) in [5, 5.41) is 21.7. The van der Waals surface area contributed by atoms with Gasteiger partial charge >= 0.3 is 11.9 Å². The number of anilines is 1. The zero-order valence-corrected chi connectivity index (χ0v) is 25.0. The van der Waals surface area contributed by atoms with Gasteiger partial charge in [0.2, 0.25) is 5.36 Å². The third kappa shape index (κ3) is 4.91. The maximum Gasteiger partial charge on any atom is 0.336 e. The van der Waals surface area contributed by atoms with Crippen LogP contribution in [0.4, 0.5) is 5.69 Å². The van der Waals surface area contributed by atoms with Crippen LogP contribution < -0.4 is 20.1 Å². The van der Waals surface area contributed by atoms with Crippen LogP contribution in [0.25, 0.3) is 5.57 Å². The van der Waals surface area contributed by atoms with E-state index in [9.17, 15) is 14.7 Å². The van der Waals surface area contributed by atoms with E-state index >= 15 is 0 Å². The number of rotatable bonds is 8. The van der Waals surface area contributed by atoms with Gasteiger partial charge < -0.3 is 15.1 Å². The second-order valence-electron chi connectivity index (χ2n) is 12.7. The van der Waals surface area contributed by atoms with Crippen LogP contribution in [0.1, 0.15) is 96.1 Å². The molecular formula is C36H41N2O4+. The number of aromatic carboxylic acids is 1. The summed E-state index contributed by atoms with van der Waals surface area (Å²) in [6.45, 7) is 7.57. The minimum atomic E-state index is -0.907. The predicted octanol–water partition coefficient (Wildman–Crippen LogP) is 4.74. The third-order valence-corrected chi connectivity index (χ3v) is 9.63. The van der Waals surface area contributed by atoms with Crippen LogP contribution in [0, 0.1) is 0 Å². The quantitative estimate of drug-likeness (QED) is 0.305. The number of hydrogen-bond acceptors (Lipinski definition) is 3. The Balaban J connectivity index is 1.56. The maximum absolute atomic E-state index is 12.5. The Morgan fingerprint density at radius 2 is 1.69 bits per heavy atom. The summed E-state index contributed by atoms with van der Waals surface area (Å²) in [7, 11) is 2.17. The van der Waals surface area contributed by atoms with Crippen molar-refractivity contribution in [2.75, 3.05) is 31.6 Å². The van der Waals surface area contributed by atoms with E-state index in [1.807, 2.05) is 18.2 Å². The Bertz CT molecular complexity index is 1720. The average molecular weight is 566 g/mol. The number of carboxylic acids is 2. The normalized spacial score (nSPS) is 16.8. The molecule has 0 bridgehead atoms. The molecule has 6 nitrogen and oxygen atoms in total. The van der Waals surface area contributed by atoms with Crippen molar-refractivity contribution in [1.29, 1.82) is 0 Å². The molecule has 3 aliphatic rings. The zero-order chi connectivity index (χ0) is 29.6. The molecule has 2 aliphatic heterocycles. The summed E-state index contributed by atoms with van der Waals surface area (Å²) in [5.74, 6) is -1.63. The summed E-state index contributed by atoms with van der Waals surface area (Å²) in [4.78, 5) is 25.9. The van der Waals surface area contributed by atoms with E-state index in [2.05, 4.69) is 54.6 Å². The summed E-state index contributed by atoms with van der Waals surface area (Å²) in [5.41, 5.74) is 9.41. The van der Waals surface area contributed by atoms with Gasteiger partial charge in [-0.25, -0.2) is 9.37 Å². The first-order valence-electron chi connectivity index (χ1n) is 15.4. The van der Waals surface area contributed by atoms with Gasteiger partial charge in [-0.05, 0) is 95.0 Å². The van der Waals surface area contributed by atoms with Gasteiger partial charge in [0.1, 0.15) is 13.6 Å². The first-order valence-corrected chi connectivity index (χ1v) is 15.4. The lowest BCUT2D eigenvalue weighted by Gasteiger charge is -2.39. The van der Waals surface area contributed by atoms with Gasteiger partial charge in [-0.2, -0.15) is 0 Å². The van der Waals surface area contributed by atoms with E-state index in [1.165, 1.54) is 33.3 Å². The number of carboxylic acid groups (broad SMARTS) is 2. The smallest absolute Gasteiger partial charge is 0.336 e. The van der Waals surface area contributed by atoms with Crippen LogP contribution in [-0.4, -0.2) is 48.8 Å². The van der Waals surface area contributed by atoms with E-state index in [-0.39, 0.29) is 11.8 Å². The molecule has 218 valence electrons. The fraction of sp³-hybridized carbons (Fsp3) is 0.417. The standard InChI is InChI=1S/C36H40N2O4/c1-36(2)29-21-31-23(11-9-16-37(31)3)19-27(29)34(25-13-6-7-14-26(25)35(41)42)28-20-24-12-10-18-38(32(24)22-30(28)36)17-8-4-5-15-33(39)40/h6-7,13-14,19-22H,4-5,8-12,15-18H2,1-3H3,(H-,39,40,41,42)/p+1.